The van der Waals surface area contributed by atoms with Crippen molar-refractivity contribution < 1.29 is 13.5 Å². The van der Waals surface area contributed by atoms with Crippen molar-refractivity contribution in [1.82, 2.24) is 0 Å². The van der Waals surface area contributed by atoms with Crippen LogP contribution in [-0.4, -0.2) is 13.5 Å². The zero-order valence-electron chi connectivity index (χ0n) is 10.8. The van der Waals surface area contributed by atoms with Crippen LogP contribution >= 0.6 is 15.9 Å². The second-order valence-electron chi connectivity index (χ2n) is 4.40. The van der Waals surface area contributed by atoms with Gasteiger partial charge in [0.25, 0.3) is 10.0 Å². The Morgan fingerprint density at radius 1 is 1.20 bits per heavy atom. The Morgan fingerprint density at radius 3 is 2.60 bits per heavy atom. The summed E-state index contributed by atoms with van der Waals surface area (Å²) in [5, 5.41) is 9.11. The summed E-state index contributed by atoms with van der Waals surface area (Å²) in [6.45, 7) is 1.68. The summed E-state index contributed by atoms with van der Waals surface area (Å²) in [5.41, 5.74) is 2.01. The molecule has 0 aromatic heterocycles. The Balaban J connectivity index is 2.40. The minimum absolute atomic E-state index is 0.102. The minimum Gasteiger partial charge on any atom is -0.392 e. The highest BCUT2D eigenvalue weighted by Crippen LogP contribution is 2.25. The first-order chi connectivity index (χ1) is 9.42. The van der Waals surface area contributed by atoms with Gasteiger partial charge in [0.2, 0.25) is 0 Å². The van der Waals surface area contributed by atoms with Gasteiger partial charge in [0.15, 0.2) is 0 Å². The van der Waals surface area contributed by atoms with Gasteiger partial charge in [0.05, 0.1) is 6.61 Å². The number of hydrogen-bond donors (Lipinski definition) is 2. The van der Waals surface area contributed by atoms with Crippen LogP contribution in [0.25, 0.3) is 0 Å². The van der Waals surface area contributed by atoms with Crippen LogP contribution in [0, 0.1) is 6.92 Å². The van der Waals surface area contributed by atoms with Gasteiger partial charge in [0, 0.05) is 10.2 Å². The van der Waals surface area contributed by atoms with Crippen molar-refractivity contribution in [2.75, 3.05) is 4.72 Å². The first-order valence-corrected chi connectivity index (χ1v) is 8.19. The van der Waals surface area contributed by atoms with Gasteiger partial charge < -0.3 is 5.11 Å². The summed E-state index contributed by atoms with van der Waals surface area (Å²) >= 11 is 3.22. The number of anilines is 1. The Labute approximate surface area is 126 Å². The monoisotopic (exact) mass is 355 g/mol. The van der Waals surface area contributed by atoms with Crippen LogP contribution in [0.2, 0.25) is 0 Å². The first kappa shape index (κ1) is 15.0. The maximum Gasteiger partial charge on any atom is 0.263 e. The molecule has 0 heterocycles. The van der Waals surface area contributed by atoms with E-state index in [4.69, 9.17) is 5.11 Å². The normalized spacial score (nSPS) is 11.3. The molecule has 4 nitrogen and oxygen atoms in total. The van der Waals surface area contributed by atoms with E-state index in [9.17, 15) is 8.42 Å². The van der Waals surface area contributed by atoms with Gasteiger partial charge in [-0.2, -0.15) is 0 Å². The quantitative estimate of drug-likeness (QED) is 0.885. The fraction of sp³-hybridized carbons (Fsp3) is 0.143. The molecule has 0 aliphatic rings. The molecule has 0 atom stereocenters. The molecule has 0 amide bonds. The largest absolute Gasteiger partial charge is 0.392 e. The number of aryl methyl sites for hydroxylation is 1. The highest BCUT2D eigenvalue weighted by molar-refractivity contribution is 9.10. The van der Waals surface area contributed by atoms with Crippen LogP contribution in [0.4, 0.5) is 5.69 Å². The molecule has 2 N–H and O–H groups in total. The minimum atomic E-state index is -3.70. The number of hydrogen-bond acceptors (Lipinski definition) is 3. The van der Waals surface area contributed by atoms with Crippen molar-refractivity contribution in [2.24, 2.45) is 0 Å². The molecule has 0 spiro atoms. The van der Waals surface area contributed by atoms with Gasteiger partial charge in [-0.15, -0.1) is 0 Å². The summed E-state index contributed by atoms with van der Waals surface area (Å²) < 4.78 is 27.7. The lowest BCUT2D eigenvalue weighted by Gasteiger charge is -2.11. The number of aliphatic hydroxyl groups is 1. The molecule has 2 rings (SSSR count). The predicted molar refractivity (Wildman–Crippen MR) is 82.1 cm³/mol. The van der Waals surface area contributed by atoms with E-state index in [0.29, 0.717) is 15.7 Å². The van der Waals surface area contributed by atoms with E-state index in [-0.39, 0.29) is 11.5 Å². The molecule has 0 bridgehead atoms. The second kappa shape index (κ2) is 5.95. The van der Waals surface area contributed by atoms with Gasteiger partial charge in [-0.1, -0.05) is 18.2 Å². The molecule has 0 radical (unpaired) electrons. The highest BCUT2D eigenvalue weighted by Gasteiger charge is 2.18. The van der Waals surface area contributed by atoms with Crippen LogP contribution in [0.3, 0.4) is 0 Å². The standard InChI is InChI=1S/C14H14BrNO3S/c1-10-3-2-4-12(7-10)16-20(18,19)14-8-11(9-17)5-6-13(14)15/h2-8,16-17H,9H2,1H3. The van der Waals surface area contributed by atoms with Crippen molar-refractivity contribution in [3.05, 3.63) is 58.1 Å². The zero-order chi connectivity index (χ0) is 14.8. The third kappa shape index (κ3) is 3.39. The number of rotatable bonds is 4. The molecule has 2 aromatic carbocycles. The molecule has 2 aromatic rings. The van der Waals surface area contributed by atoms with E-state index < -0.39 is 10.0 Å². The third-order valence-corrected chi connectivity index (χ3v) is 5.11. The van der Waals surface area contributed by atoms with Gasteiger partial charge in [0.1, 0.15) is 4.90 Å². The Morgan fingerprint density at radius 2 is 1.95 bits per heavy atom. The van der Waals surface area contributed by atoms with Crippen molar-refractivity contribution in [2.45, 2.75) is 18.4 Å². The van der Waals surface area contributed by atoms with Crippen molar-refractivity contribution in [1.29, 1.82) is 0 Å². The van der Waals surface area contributed by atoms with Gasteiger partial charge in [-0.25, -0.2) is 8.42 Å². The molecular weight excluding hydrogens is 342 g/mol. The Hall–Kier alpha value is -1.37. The molecule has 6 heteroatoms. The van der Waals surface area contributed by atoms with Crippen LogP contribution in [0.5, 0.6) is 0 Å². The molecule has 0 saturated carbocycles. The third-order valence-electron chi connectivity index (χ3n) is 2.74. The molecule has 0 aliphatic carbocycles. The van der Waals surface area contributed by atoms with Gasteiger partial charge in [-0.05, 0) is 58.2 Å². The number of benzene rings is 2. The van der Waals surface area contributed by atoms with Crippen molar-refractivity contribution >= 4 is 31.6 Å². The maximum absolute atomic E-state index is 12.4. The van der Waals surface area contributed by atoms with Gasteiger partial charge in [-0.3, -0.25) is 4.72 Å². The molecule has 0 unspecified atom stereocenters. The Bertz CT molecular complexity index is 729. The predicted octanol–water partition coefficient (Wildman–Crippen LogP) is 3.05. The van der Waals surface area contributed by atoms with Crippen molar-refractivity contribution in [3.63, 3.8) is 0 Å². The van der Waals surface area contributed by atoms with E-state index in [1.165, 1.54) is 6.07 Å². The molecule has 20 heavy (non-hydrogen) atoms. The lowest BCUT2D eigenvalue weighted by Crippen LogP contribution is -2.14. The van der Waals surface area contributed by atoms with E-state index >= 15 is 0 Å². The van der Waals surface area contributed by atoms with Crippen LogP contribution in [-0.2, 0) is 16.6 Å². The lowest BCUT2D eigenvalue weighted by atomic mass is 10.2. The lowest BCUT2D eigenvalue weighted by molar-refractivity contribution is 0.281. The van der Waals surface area contributed by atoms with E-state index in [2.05, 4.69) is 20.7 Å². The second-order valence-corrected chi connectivity index (χ2v) is 6.90. The summed E-state index contributed by atoms with van der Waals surface area (Å²) in [6, 6.07) is 11.8. The van der Waals surface area contributed by atoms with Crippen LogP contribution in [0.15, 0.2) is 51.8 Å². The van der Waals surface area contributed by atoms with E-state index in [1.807, 2.05) is 13.0 Å². The summed E-state index contributed by atoms with van der Waals surface area (Å²) in [4.78, 5) is 0.102. The molecule has 106 valence electrons. The van der Waals surface area contributed by atoms with Crippen LogP contribution < -0.4 is 4.72 Å². The maximum atomic E-state index is 12.4. The highest BCUT2D eigenvalue weighted by atomic mass is 79.9. The SMILES string of the molecule is Cc1cccc(NS(=O)(=O)c2cc(CO)ccc2Br)c1. The number of sulfonamides is 1. The van der Waals surface area contributed by atoms with E-state index in [0.717, 1.165) is 5.56 Å². The fourth-order valence-electron chi connectivity index (χ4n) is 1.77. The van der Waals surface area contributed by atoms with Crippen molar-refractivity contribution in [3.8, 4) is 0 Å². The Kier molecular flexibility index (Phi) is 4.47. The summed E-state index contributed by atoms with van der Waals surface area (Å²) in [7, 11) is -3.70. The van der Waals surface area contributed by atoms with E-state index in [1.54, 1.807) is 30.3 Å². The number of halogens is 1. The van der Waals surface area contributed by atoms with Gasteiger partial charge >= 0.3 is 0 Å². The topological polar surface area (TPSA) is 66.4 Å². The summed E-state index contributed by atoms with van der Waals surface area (Å²) in [6.07, 6.45) is 0. The average Bonchev–Trinajstić information content (AvgIpc) is 2.38. The zero-order valence-corrected chi connectivity index (χ0v) is 13.2. The first-order valence-electron chi connectivity index (χ1n) is 5.91. The molecule has 0 saturated heterocycles. The molecule has 0 fully saturated rings. The fourth-order valence-corrected chi connectivity index (χ4v) is 3.84. The number of nitrogens with one attached hydrogen (secondary N) is 1. The number of aliphatic hydroxyl groups excluding tert-OH is 1. The molecular formula is C14H14BrNO3S. The molecule has 0 aliphatic heterocycles. The summed E-state index contributed by atoms with van der Waals surface area (Å²) in [5.74, 6) is 0. The average molecular weight is 356 g/mol. The van der Waals surface area contributed by atoms with Crippen LogP contribution in [0.1, 0.15) is 11.1 Å². The smallest absolute Gasteiger partial charge is 0.263 e.